The van der Waals surface area contributed by atoms with Gasteiger partial charge in [-0.05, 0) is 44.9 Å². The molecule has 0 aliphatic heterocycles. The van der Waals surface area contributed by atoms with Gasteiger partial charge in [0.2, 0.25) is 0 Å². The molecular weight excluding hydrogens is 328 g/mol. The molecule has 0 atom stereocenters. The van der Waals surface area contributed by atoms with Gasteiger partial charge >= 0.3 is 0 Å². The Bertz CT molecular complexity index is 916. The Morgan fingerprint density at radius 3 is 2.65 bits per heavy atom. The fourth-order valence-electron chi connectivity index (χ4n) is 2.89. The molecule has 0 aliphatic rings. The minimum absolute atomic E-state index is 0.163. The Morgan fingerprint density at radius 1 is 1.23 bits per heavy atom. The molecule has 7 nitrogen and oxygen atoms in total. The van der Waals surface area contributed by atoms with E-state index in [1.807, 2.05) is 39.5 Å². The third-order valence-electron chi connectivity index (χ3n) is 4.21. The molecule has 1 N–H and O–H groups in total. The van der Waals surface area contributed by atoms with Crippen molar-refractivity contribution in [2.45, 2.75) is 52.5 Å². The number of rotatable bonds is 5. The lowest BCUT2D eigenvalue weighted by Gasteiger charge is -2.23. The topological polar surface area (TPSA) is 77.1 Å². The van der Waals surface area contributed by atoms with Crippen molar-refractivity contribution < 1.29 is 4.79 Å². The SMILES string of the molecule is CC(C)c1cc(C(=O)NCCc2nnc3ccccn23)nn1C(C)(C)C. The van der Waals surface area contributed by atoms with Gasteiger partial charge in [-0.3, -0.25) is 13.9 Å². The number of amides is 1. The Morgan fingerprint density at radius 2 is 2.00 bits per heavy atom. The zero-order valence-electron chi connectivity index (χ0n) is 16.0. The van der Waals surface area contributed by atoms with Gasteiger partial charge in [-0.2, -0.15) is 5.10 Å². The Hall–Kier alpha value is -2.70. The summed E-state index contributed by atoms with van der Waals surface area (Å²) in [4.78, 5) is 12.5. The van der Waals surface area contributed by atoms with E-state index in [9.17, 15) is 4.79 Å². The summed E-state index contributed by atoms with van der Waals surface area (Å²) in [5, 5.41) is 15.8. The van der Waals surface area contributed by atoms with Crippen LogP contribution in [0.2, 0.25) is 0 Å². The molecule has 0 saturated carbocycles. The summed E-state index contributed by atoms with van der Waals surface area (Å²) in [6.45, 7) is 11.0. The number of carbonyl (C=O) groups excluding carboxylic acids is 1. The van der Waals surface area contributed by atoms with Crippen molar-refractivity contribution in [3.63, 3.8) is 0 Å². The second-order valence-electron chi connectivity index (χ2n) is 7.74. The third-order valence-corrected chi connectivity index (χ3v) is 4.21. The lowest BCUT2D eigenvalue weighted by Crippen LogP contribution is -2.28. The van der Waals surface area contributed by atoms with E-state index in [-0.39, 0.29) is 11.4 Å². The molecule has 3 rings (SSSR count). The van der Waals surface area contributed by atoms with E-state index in [0.29, 0.717) is 24.6 Å². The number of fused-ring (bicyclic) bond motifs is 1. The van der Waals surface area contributed by atoms with Crippen LogP contribution < -0.4 is 5.32 Å². The predicted octanol–water partition coefficient (Wildman–Crippen LogP) is 2.78. The molecule has 0 unspecified atom stereocenters. The first kappa shape index (κ1) is 18.1. The fraction of sp³-hybridized carbons (Fsp3) is 0.474. The number of carbonyl (C=O) groups is 1. The molecule has 0 saturated heterocycles. The lowest BCUT2D eigenvalue weighted by atomic mass is 10.1. The maximum absolute atomic E-state index is 12.5. The third kappa shape index (κ3) is 3.61. The zero-order chi connectivity index (χ0) is 18.9. The average Bonchev–Trinajstić information content (AvgIpc) is 3.19. The fourth-order valence-corrected chi connectivity index (χ4v) is 2.89. The van der Waals surface area contributed by atoms with Gasteiger partial charge in [0.1, 0.15) is 11.5 Å². The van der Waals surface area contributed by atoms with Gasteiger partial charge in [0, 0.05) is 24.9 Å². The highest BCUT2D eigenvalue weighted by Gasteiger charge is 2.23. The van der Waals surface area contributed by atoms with E-state index in [1.165, 1.54) is 0 Å². The van der Waals surface area contributed by atoms with Crippen molar-refractivity contribution in [3.05, 3.63) is 47.7 Å². The molecule has 0 aromatic carbocycles. The van der Waals surface area contributed by atoms with Gasteiger partial charge in [-0.1, -0.05) is 19.9 Å². The van der Waals surface area contributed by atoms with Crippen LogP contribution in [0.5, 0.6) is 0 Å². The Labute approximate surface area is 153 Å². The molecule has 3 aromatic rings. The van der Waals surface area contributed by atoms with Crippen LogP contribution >= 0.6 is 0 Å². The van der Waals surface area contributed by atoms with E-state index >= 15 is 0 Å². The maximum atomic E-state index is 12.5. The van der Waals surface area contributed by atoms with Crippen LogP contribution in [0.15, 0.2) is 30.5 Å². The molecule has 0 fully saturated rings. The number of aromatic nitrogens is 5. The molecule has 1 amide bonds. The summed E-state index contributed by atoms with van der Waals surface area (Å²) < 4.78 is 3.87. The second-order valence-corrected chi connectivity index (χ2v) is 7.74. The summed E-state index contributed by atoms with van der Waals surface area (Å²) in [6.07, 6.45) is 2.53. The number of hydrogen-bond acceptors (Lipinski definition) is 4. The summed E-state index contributed by atoms with van der Waals surface area (Å²) in [7, 11) is 0. The maximum Gasteiger partial charge on any atom is 0.271 e. The smallest absolute Gasteiger partial charge is 0.271 e. The van der Waals surface area contributed by atoms with Crippen LogP contribution in [-0.2, 0) is 12.0 Å². The van der Waals surface area contributed by atoms with E-state index in [2.05, 4.69) is 55.2 Å². The summed E-state index contributed by atoms with van der Waals surface area (Å²) in [6, 6.07) is 7.65. The molecule has 26 heavy (non-hydrogen) atoms. The van der Waals surface area contributed by atoms with E-state index in [1.54, 1.807) is 0 Å². The number of pyridine rings is 1. The van der Waals surface area contributed by atoms with Crippen LogP contribution in [-0.4, -0.2) is 36.8 Å². The van der Waals surface area contributed by atoms with Crippen LogP contribution in [0.25, 0.3) is 5.65 Å². The van der Waals surface area contributed by atoms with Crippen molar-refractivity contribution in [2.24, 2.45) is 0 Å². The van der Waals surface area contributed by atoms with Crippen LogP contribution in [0.4, 0.5) is 0 Å². The van der Waals surface area contributed by atoms with Crippen molar-refractivity contribution >= 4 is 11.6 Å². The van der Waals surface area contributed by atoms with E-state index < -0.39 is 0 Å². The highest BCUT2D eigenvalue weighted by molar-refractivity contribution is 5.92. The van der Waals surface area contributed by atoms with Gasteiger partial charge in [0.25, 0.3) is 5.91 Å². The average molecular weight is 354 g/mol. The van der Waals surface area contributed by atoms with Crippen LogP contribution in [0.1, 0.15) is 62.5 Å². The molecule has 0 spiro atoms. The van der Waals surface area contributed by atoms with Crippen molar-refractivity contribution in [1.82, 2.24) is 29.7 Å². The first-order chi connectivity index (χ1) is 12.3. The van der Waals surface area contributed by atoms with Gasteiger partial charge < -0.3 is 5.32 Å². The number of nitrogens with one attached hydrogen (secondary N) is 1. The quantitative estimate of drug-likeness (QED) is 0.764. The predicted molar refractivity (Wildman–Crippen MR) is 100 cm³/mol. The minimum Gasteiger partial charge on any atom is -0.350 e. The van der Waals surface area contributed by atoms with E-state index in [4.69, 9.17) is 0 Å². The van der Waals surface area contributed by atoms with Crippen LogP contribution in [0, 0.1) is 0 Å². The van der Waals surface area contributed by atoms with Crippen molar-refractivity contribution in [2.75, 3.05) is 6.54 Å². The van der Waals surface area contributed by atoms with Crippen molar-refractivity contribution in [1.29, 1.82) is 0 Å². The first-order valence-corrected chi connectivity index (χ1v) is 8.94. The van der Waals surface area contributed by atoms with Gasteiger partial charge in [-0.15, -0.1) is 10.2 Å². The summed E-state index contributed by atoms with van der Waals surface area (Å²) >= 11 is 0. The molecule has 0 radical (unpaired) electrons. The highest BCUT2D eigenvalue weighted by Crippen LogP contribution is 2.23. The van der Waals surface area contributed by atoms with Crippen LogP contribution in [0.3, 0.4) is 0 Å². The Kier molecular flexibility index (Phi) is 4.80. The summed E-state index contributed by atoms with van der Waals surface area (Å²) in [5.74, 6) is 0.957. The first-order valence-electron chi connectivity index (χ1n) is 8.94. The standard InChI is InChI=1S/C19H26N6O/c1-13(2)15-12-14(23-25(15)19(3,4)5)18(26)20-10-9-17-22-21-16-8-6-7-11-24(16)17/h6-8,11-13H,9-10H2,1-5H3,(H,20,26). The van der Waals surface area contributed by atoms with Crippen molar-refractivity contribution in [3.8, 4) is 0 Å². The zero-order valence-corrected chi connectivity index (χ0v) is 16.0. The second kappa shape index (κ2) is 6.90. The van der Waals surface area contributed by atoms with Gasteiger partial charge in [-0.25, -0.2) is 0 Å². The normalized spacial score (nSPS) is 12.1. The minimum atomic E-state index is -0.168. The molecule has 0 aliphatic carbocycles. The number of hydrogen-bond donors (Lipinski definition) is 1. The Balaban J connectivity index is 1.69. The molecule has 0 bridgehead atoms. The highest BCUT2D eigenvalue weighted by atomic mass is 16.1. The molecule has 138 valence electrons. The molecule has 3 aromatic heterocycles. The summed E-state index contributed by atoms with van der Waals surface area (Å²) in [5.41, 5.74) is 2.15. The largest absolute Gasteiger partial charge is 0.350 e. The van der Waals surface area contributed by atoms with Gasteiger partial charge in [0.15, 0.2) is 5.65 Å². The molecule has 3 heterocycles. The van der Waals surface area contributed by atoms with Gasteiger partial charge in [0.05, 0.1) is 5.54 Å². The lowest BCUT2D eigenvalue weighted by molar-refractivity contribution is 0.0947. The van der Waals surface area contributed by atoms with E-state index in [0.717, 1.165) is 17.2 Å². The molecule has 7 heteroatoms. The number of nitrogens with zero attached hydrogens (tertiary/aromatic N) is 5. The molecular formula is C19H26N6O. The monoisotopic (exact) mass is 354 g/mol.